The second-order valence-electron chi connectivity index (χ2n) is 11.8. The lowest BCUT2D eigenvalue weighted by atomic mass is 10.1. The summed E-state index contributed by atoms with van der Waals surface area (Å²) in [5, 5.41) is 6.06. The van der Waals surface area contributed by atoms with E-state index in [9.17, 15) is 0 Å². The van der Waals surface area contributed by atoms with Crippen molar-refractivity contribution >= 4 is 35.0 Å². The molecule has 0 spiro atoms. The molecule has 1 aliphatic carbocycles. The summed E-state index contributed by atoms with van der Waals surface area (Å²) in [6.07, 6.45) is 14.6. The van der Waals surface area contributed by atoms with Crippen molar-refractivity contribution in [1.29, 1.82) is 0 Å². The van der Waals surface area contributed by atoms with Crippen LogP contribution >= 0.6 is 23.2 Å². The van der Waals surface area contributed by atoms with E-state index in [0.717, 1.165) is 101 Å². The molecular weight excluding hydrogens is 591 g/mol. The SMILES string of the molecule is C=C(Cc1cn(CCCN2CCN(CCOc3ccccc3)CC2)c2c1=CCCC=2OC(C)C)NCC(/C=C\CCl)=C/CCl. The highest BCUT2D eigenvalue weighted by Gasteiger charge is 2.18. The fourth-order valence-electron chi connectivity index (χ4n) is 5.87. The second kappa shape index (κ2) is 18.4. The van der Waals surface area contributed by atoms with Gasteiger partial charge in [-0.2, -0.15) is 0 Å². The van der Waals surface area contributed by atoms with Crippen molar-refractivity contribution in [3.8, 4) is 5.75 Å². The molecular formula is C36H50Cl2N4O2. The highest BCUT2D eigenvalue weighted by molar-refractivity contribution is 6.19. The number of ether oxygens (including phenoxy) is 2. The van der Waals surface area contributed by atoms with Gasteiger partial charge in [-0.1, -0.05) is 49.1 Å². The summed E-state index contributed by atoms with van der Waals surface area (Å²) in [5.74, 6) is 3.01. The summed E-state index contributed by atoms with van der Waals surface area (Å²) in [5.41, 5.74) is 3.39. The van der Waals surface area contributed by atoms with Gasteiger partial charge in [0.15, 0.2) is 0 Å². The molecule has 1 aliphatic heterocycles. The number of rotatable bonds is 18. The van der Waals surface area contributed by atoms with E-state index in [1.54, 1.807) is 0 Å². The number of benzene rings is 1. The molecule has 2 heterocycles. The maximum Gasteiger partial charge on any atom is 0.121 e. The van der Waals surface area contributed by atoms with E-state index in [2.05, 4.69) is 52.4 Å². The average molecular weight is 642 g/mol. The summed E-state index contributed by atoms with van der Waals surface area (Å²) in [6.45, 7) is 17.4. The summed E-state index contributed by atoms with van der Waals surface area (Å²) < 4.78 is 14.7. The quantitative estimate of drug-likeness (QED) is 0.177. The Morgan fingerprint density at radius 1 is 1.02 bits per heavy atom. The highest BCUT2D eigenvalue weighted by atomic mass is 35.5. The van der Waals surface area contributed by atoms with Crippen LogP contribution in [0.2, 0.25) is 0 Å². The summed E-state index contributed by atoms with van der Waals surface area (Å²) >= 11 is 11.8. The monoisotopic (exact) mass is 640 g/mol. The van der Waals surface area contributed by atoms with Crippen molar-refractivity contribution < 1.29 is 9.47 Å². The Balaban J connectivity index is 1.33. The average Bonchev–Trinajstić information content (AvgIpc) is 3.37. The van der Waals surface area contributed by atoms with Crippen molar-refractivity contribution in [1.82, 2.24) is 19.7 Å². The molecule has 0 bridgehead atoms. The van der Waals surface area contributed by atoms with Crippen LogP contribution in [0.5, 0.6) is 5.75 Å². The molecule has 0 radical (unpaired) electrons. The van der Waals surface area contributed by atoms with Gasteiger partial charge in [0.25, 0.3) is 0 Å². The van der Waals surface area contributed by atoms with Gasteiger partial charge >= 0.3 is 0 Å². The Labute approximate surface area is 274 Å². The van der Waals surface area contributed by atoms with Gasteiger partial charge in [-0.3, -0.25) is 4.90 Å². The molecule has 2 aromatic rings. The van der Waals surface area contributed by atoms with E-state index in [0.29, 0.717) is 18.3 Å². The summed E-state index contributed by atoms with van der Waals surface area (Å²) in [7, 11) is 0. The van der Waals surface area contributed by atoms with Crippen LogP contribution in [0, 0.1) is 0 Å². The fourth-order valence-corrected chi connectivity index (χ4v) is 6.16. The minimum Gasteiger partial charge on any atom is -0.493 e. The molecule has 0 saturated carbocycles. The Kier molecular flexibility index (Phi) is 14.3. The number of hydrogen-bond acceptors (Lipinski definition) is 5. The van der Waals surface area contributed by atoms with Crippen LogP contribution in [0.3, 0.4) is 0 Å². The van der Waals surface area contributed by atoms with Gasteiger partial charge in [0.1, 0.15) is 18.1 Å². The predicted molar refractivity (Wildman–Crippen MR) is 186 cm³/mol. The van der Waals surface area contributed by atoms with Crippen molar-refractivity contribution in [2.24, 2.45) is 0 Å². The van der Waals surface area contributed by atoms with E-state index in [1.165, 1.54) is 16.1 Å². The zero-order valence-electron chi connectivity index (χ0n) is 26.6. The predicted octanol–water partition coefficient (Wildman–Crippen LogP) is 5.29. The van der Waals surface area contributed by atoms with E-state index < -0.39 is 0 Å². The van der Waals surface area contributed by atoms with Gasteiger partial charge in [-0.15, -0.1) is 23.2 Å². The van der Waals surface area contributed by atoms with E-state index in [1.807, 2.05) is 48.6 Å². The molecule has 6 nitrogen and oxygen atoms in total. The highest BCUT2D eigenvalue weighted by Crippen LogP contribution is 2.15. The number of fused-ring (bicyclic) bond motifs is 1. The fraction of sp³-hybridized carbons (Fsp3) is 0.500. The topological polar surface area (TPSA) is 41.9 Å². The lowest BCUT2D eigenvalue weighted by molar-refractivity contribution is 0.115. The van der Waals surface area contributed by atoms with Gasteiger partial charge in [0.2, 0.25) is 0 Å². The molecule has 0 amide bonds. The maximum atomic E-state index is 6.36. The third-order valence-electron chi connectivity index (χ3n) is 8.03. The number of nitrogens with one attached hydrogen (secondary N) is 1. The van der Waals surface area contributed by atoms with Crippen LogP contribution in [-0.2, 0) is 17.7 Å². The Morgan fingerprint density at radius 2 is 1.77 bits per heavy atom. The van der Waals surface area contributed by atoms with E-state index in [4.69, 9.17) is 32.7 Å². The number of allylic oxidation sites excluding steroid dienone is 3. The van der Waals surface area contributed by atoms with Crippen LogP contribution < -0.4 is 20.6 Å². The van der Waals surface area contributed by atoms with E-state index in [-0.39, 0.29) is 6.10 Å². The second-order valence-corrected chi connectivity index (χ2v) is 12.4. The van der Waals surface area contributed by atoms with Crippen LogP contribution in [0.1, 0.15) is 38.7 Å². The van der Waals surface area contributed by atoms with Crippen LogP contribution in [0.4, 0.5) is 0 Å². The number of aryl methyl sites for hydroxylation is 1. The molecule has 44 heavy (non-hydrogen) atoms. The maximum absolute atomic E-state index is 6.36. The number of nitrogens with zero attached hydrogens (tertiary/aromatic N) is 3. The molecule has 1 N–H and O–H groups in total. The summed E-state index contributed by atoms with van der Waals surface area (Å²) in [6, 6.07) is 10.1. The number of para-hydroxylation sites is 1. The Morgan fingerprint density at radius 3 is 2.48 bits per heavy atom. The number of aromatic nitrogens is 1. The molecule has 0 atom stereocenters. The smallest absolute Gasteiger partial charge is 0.121 e. The first-order chi connectivity index (χ1) is 21.5. The van der Waals surface area contributed by atoms with Gasteiger partial charge in [-0.25, -0.2) is 0 Å². The van der Waals surface area contributed by atoms with Gasteiger partial charge < -0.3 is 24.3 Å². The van der Waals surface area contributed by atoms with Gasteiger partial charge in [0.05, 0.1) is 11.5 Å². The van der Waals surface area contributed by atoms with E-state index >= 15 is 0 Å². The van der Waals surface area contributed by atoms with Gasteiger partial charge in [-0.05, 0) is 56.5 Å². The number of hydrogen-bond donors (Lipinski definition) is 1. The lowest BCUT2D eigenvalue weighted by Gasteiger charge is -2.34. The molecule has 4 rings (SSSR count). The Bertz CT molecular complexity index is 1360. The van der Waals surface area contributed by atoms with Crippen LogP contribution in [0.25, 0.3) is 11.8 Å². The van der Waals surface area contributed by atoms with Crippen molar-refractivity contribution in [2.45, 2.75) is 52.2 Å². The van der Waals surface area contributed by atoms with Crippen LogP contribution in [-0.4, -0.2) is 84.7 Å². The minimum absolute atomic E-state index is 0.155. The van der Waals surface area contributed by atoms with Crippen molar-refractivity contribution in [3.63, 3.8) is 0 Å². The van der Waals surface area contributed by atoms with Crippen LogP contribution in [0.15, 0.2) is 72.6 Å². The summed E-state index contributed by atoms with van der Waals surface area (Å²) in [4.78, 5) is 5.11. The zero-order chi connectivity index (χ0) is 31.1. The molecule has 1 aromatic heterocycles. The van der Waals surface area contributed by atoms with Crippen molar-refractivity contribution in [3.05, 3.63) is 88.7 Å². The number of halogens is 2. The first-order valence-corrected chi connectivity index (χ1v) is 17.1. The van der Waals surface area contributed by atoms with Crippen molar-refractivity contribution in [2.75, 3.05) is 64.2 Å². The molecule has 240 valence electrons. The third-order valence-corrected chi connectivity index (χ3v) is 8.36. The minimum atomic E-state index is 0.155. The molecule has 1 fully saturated rings. The third kappa shape index (κ3) is 10.8. The molecule has 0 unspecified atom stereocenters. The standard InChI is InChI=1S/C36H50Cl2N4O2/c1-29(2)44-35-14-7-13-34-32(26-30(3)39-27-31(15-17-38)10-8-16-37)28-42(36(34)35)19-9-18-40-20-22-41(23-21-40)24-25-43-33-11-5-4-6-12-33/h4-6,8,10-13,15,28-29,39H,3,7,9,14,16-27H2,1-2H3/b10-8-,31-15+. The molecule has 1 saturated heterocycles. The Hall–Kier alpha value is -2.64. The molecule has 2 aliphatic rings. The lowest BCUT2D eigenvalue weighted by Crippen LogP contribution is -2.47. The molecule has 1 aromatic carbocycles. The number of alkyl halides is 2. The first-order valence-electron chi connectivity index (χ1n) is 16.1. The largest absolute Gasteiger partial charge is 0.493 e. The van der Waals surface area contributed by atoms with Gasteiger partial charge in [0, 0.05) is 87.5 Å². The zero-order valence-corrected chi connectivity index (χ0v) is 28.1. The first kappa shape index (κ1) is 34.2. The number of piperazine rings is 1. The molecule has 8 heteroatoms. The normalized spacial score (nSPS) is 16.3.